The van der Waals surface area contributed by atoms with Crippen LogP contribution in [0.5, 0.6) is 0 Å². The van der Waals surface area contributed by atoms with Gasteiger partial charge in [-0.25, -0.2) is 9.13 Å². The third kappa shape index (κ3) is 2.47. The average molecular weight is 184 g/mol. The van der Waals surface area contributed by atoms with E-state index in [-0.39, 0.29) is 0 Å². The first-order chi connectivity index (χ1) is 6.13. The lowest BCUT2D eigenvalue weighted by Crippen LogP contribution is -2.29. The monoisotopic (exact) mass is 184 g/mol. The smallest absolute Gasteiger partial charge is 0.255 e. The number of rotatable bonds is 3. The van der Waals surface area contributed by atoms with Crippen LogP contribution in [-0.2, 0) is 11.8 Å². The van der Waals surface area contributed by atoms with E-state index in [1.54, 1.807) is 27.9 Å². The number of imidazole rings is 1. The first-order valence-corrected chi connectivity index (χ1v) is 4.03. The molecule has 0 aliphatic rings. The van der Waals surface area contributed by atoms with Crippen LogP contribution in [0, 0.1) is 0 Å². The Morgan fingerprint density at radius 2 is 2.46 bits per heavy atom. The van der Waals surface area contributed by atoms with Crippen LogP contribution >= 0.6 is 0 Å². The summed E-state index contributed by atoms with van der Waals surface area (Å²) in [6.45, 7) is 1.84. The lowest BCUT2D eigenvalue weighted by Gasteiger charge is -2.16. The first-order valence-electron chi connectivity index (χ1n) is 4.03. The van der Waals surface area contributed by atoms with Crippen LogP contribution < -0.4 is 9.67 Å². The predicted octanol–water partition coefficient (Wildman–Crippen LogP) is -0.419. The Morgan fingerprint density at radius 1 is 1.77 bits per heavy atom. The van der Waals surface area contributed by atoms with Crippen LogP contribution in [0.15, 0.2) is 18.7 Å². The number of aromatic nitrogens is 2. The van der Waals surface area contributed by atoms with Crippen LogP contribution in [-0.4, -0.2) is 10.7 Å². The fourth-order valence-corrected chi connectivity index (χ4v) is 1.11. The zero-order valence-corrected chi connectivity index (χ0v) is 7.64. The van der Waals surface area contributed by atoms with Crippen molar-refractivity contribution in [3.05, 3.63) is 18.7 Å². The molecular formula is C8H12N2O3. The van der Waals surface area contributed by atoms with Gasteiger partial charge in [0.25, 0.3) is 6.16 Å². The Balaban J connectivity index is 2.72. The molecule has 0 aliphatic heterocycles. The summed E-state index contributed by atoms with van der Waals surface area (Å²) < 4.78 is 8.04. The number of carbonyl (C=O) groups is 1. The van der Waals surface area contributed by atoms with Gasteiger partial charge >= 0.3 is 0 Å². The molecule has 0 radical (unpaired) electrons. The van der Waals surface area contributed by atoms with Crippen molar-refractivity contribution in [2.75, 3.05) is 0 Å². The quantitative estimate of drug-likeness (QED) is 0.473. The van der Waals surface area contributed by atoms with Crippen LogP contribution in [0.1, 0.15) is 19.6 Å². The van der Waals surface area contributed by atoms with Gasteiger partial charge in [0.1, 0.15) is 12.4 Å². The van der Waals surface area contributed by atoms with Gasteiger partial charge in [-0.15, -0.1) is 0 Å². The fraction of sp³-hybridized carbons (Fsp3) is 0.500. The molecule has 1 aromatic heterocycles. The van der Waals surface area contributed by atoms with Crippen LogP contribution in [0.3, 0.4) is 0 Å². The van der Waals surface area contributed by atoms with E-state index in [4.69, 9.17) is 0 Å². The van der Waals surface area contributed by atoms with E-state index in [0.717, 1.165) is 0 Å². The van der Waals surface area contributed by atoms with Crippen LogP contribution in [0.25, 0.3) is 0 Å². The van der Waals surface area contributed by atoms with Gasteiger partial charge in [0.05, 0.1) is 7.05 Å². The van der Waals surface area contributed by atoms with Crippen molar-refractivity contribution < 1.29 is 19.2 Å². The number of hydrogen-bond acceptors (Lipinski definition) is 3. The van der Waals surface area contributed by atoms with Gasteiger partial charge in [-0.2, -0.15) is 0 Å². The zero-order chi connectivity index (χ0) is 9.84. The van der Waals surface area contributed by atoms with Crippen molar-refractivity contribution in [3.63, 3.8) is 0 Å². The molecule has 1 aromatic rings. The van der Waals surface area contributed by atoms with Gasteiger partial charge in [0.15, 0.2) is 6.23 Å². The fourth-order valence-electron chi connectivity index (χ4n) is 1.11. The molecule has 1 rings (SSSR count). The van der Waals surface area contributed by atoms with Gasteiger partial charge in [-0.05, 0) is 0 Å². The van der Waals surface area contributed by atoms with Gasteiger partial charge in [0, 0.05) is 6.42 Å². The highest BCUT2D eigenvalue weighted by atomic mass is 16.7. The normalized spacial score (nSPS) is 12.5. The summed E-state index contributed by atoms with van der Waals surface area (Å²) in [4.78, 5) is 10.2. The standard InChI is InChI=1S/C8H12N2O3/c1-3-7(13-8(11)12)10-5-4-9(2)6-10/h4-7H,3H2,1-2H3. The van der Waals surface area contributed by atoms with Crippen LogP contribution in [0.4, 0.5) is 4.79 Å². The number of nitrogens with zero attached hydrogens (tertiary/aromatic N) is 2. The number of carboxylic acid groups (broad SMARTS) is 1. The number of ether oxygens (including phenoxy) is 1. The van der Waals surface area contributed by atoms with Gasteiger partial charge < -0.3 is 14.6 Å². The van der Waals surface area contributed by atoms with Crippen molar-refractivity contribution in [2.24, 2.45) is 7.05 Å². The summed E-state index contributed by atoms with van der Waals surface area (Å²) in [6, 6.07) is 0. The van der Waals surface area contributed by atoms with E-state index in [1.807, 2.05) is 14.0 Å². The molecule has 72 valence electrons. The lowest BCUT2D eigenvalue weighted by molar-refractivity contribution is -0.671. The van der Waals surface area contributed by atoms with Crippen molar-refractivity contribution in [2.45, 2.75) is 19.6 Å². The van der Waals surface area contributed by atoms with Gasteiger partial charge in [0.2, 0.25) is 6.33 Å². The average Bonchev–Trinajstić information content (AvgIpc) is 2.47. The minimum Gasteiger partial charge on any atom is -0.508 e. The number of hydrogen-bond donors (Lipinski definition) is 0. The molecule has 0 saturated heterocycles. The molecule has 0 saturated carbocycles. The highest BCUT2D eigenvalue weighted by molar-refractivity contribution is 5.54. The molecule has 0 N–H and O–H groups in total. The maximum absolute atomic E-state index is 10.2. The van der Waals surface area contributed by atoms with E-state index < -0.39 is 12.4 Å². The Bertz CT molecular complexity index is 295. The van der Waals surface area contributed by atoms with Crippen molar-refractivity contribution in [1.29, 1.82) is 0 Å². The second-order valence-electron chi connectivity index (χ2n) is 2.76. The van der Waals surface area contributed by atoms with Crippen LogP contribution in [0.2, 0.25) is 0 Å². The maximum atomic E-state index is 10.2. The van der Waals surface area contributed by atoms with E-state index in [9.17, 15) is 9.90 Å². The molecule has 0 amide bonds. The number of aryl methyl sites for hydroxylation is 1. The Hall–Kier alpha value is -1.52. The molecule has 1 unspecified atom stereocenters. The van der Waals surface area contributed by atoms with Gasteiger partial charge in [-0.3, -0.25) is 0 Å². The summed E-state index contributed by atoms with van der Waals surface area (Å²) in [5.74, 6) is 0. The summed E-state index contributed by atoms with van der Waals surface area (Å²) in [5.41, 5.74) is 0. The molecule has 0 spiro atoms. The van der Waals surface area contributed by atoms with Crippen molar-refractivity contribution >= 4 is 6.16 Å². The zero-order valence-electron chi connectivity index (χ0n) is 7.64. The van der Waals surface area contributed by atoms with Gasteiger partial charge in [-0.1, -0.05) is 6.92 Å². The molecule has 1 heterocycles. The summed E-state index contributed by atoms with van der Waals surface area (Å²) in [6.07, 6.45) is 3.88. The molecule has 0 aromatic carbocycles. The van der Waals surface area contributed by atoms with E-state index in [1.165, 1.54) is 0 Å². The minimum atomic E-state index is -1.50. The molecule has 0 aliphatic carbocycles. The van der Waals surface area contributed by atoms with E-state index >= 15 is 0 Å². The SMILES string of the molecule is CCC(OC(=O)[O-])n1cc[n+](C)c1. The molecular weight excluding hydrogens is 172 g/mol. The van der Waals surface area contributed by atoms with Crippen molar-refractivity contribution in [3.8, 4) is 0 Å². The molecule has 5 nitrogen and oxygen atoms in total. The molecule has 0 fully saturated rings. The highest BCUT2D eigenvalue weighted by Gasteiger charge is 2.12. The third-order valence-corrected chi connectivity index (χ3v) is 1.70. The maximum Gasteiger partial charge on any atom is 0.255 e. The summed E-state index contributed by atoms with van der Waals surface area (Å²) in [5, 5.41) is 10.2. The first kappa shape index (κ1) is 9.57. The highest BCUT2D eigenvalue weighted by Crippen LogP contribution is 2.10. The third-order valence-electron chi connectivity index (χ3n) is 1.70. The van der Waals surface area contributed by atoms with E-state index in [0.29, 0.717) is 6.42 Å². The largest absolute Gasteiger partial charge is 0.508 e. The number of carbonyl (C=O) groups excluding carboxylic acids is 1. The summed E-state index contributed by atoms with van der Waals surface area (Å²) >= 11 is 0. The Morgan fingerprint density at radius 3 is 2.85 bits per heavy atom. The van der Waals surface area contributed by atoms with Crippen molar-refractivity contribution in [1.82, 2.24) is 4.57 Å². The summed E-state index contributed by atoms with van der Waals surface area (Å²) in [7, 11) is 1.85. The van der Waals surface area contributed by atoms with E-state index in [2.05, 4.69) is 4.74 Å². The minimum absolute atomic E-state index is 0.494. The molecule has 1 atom stereocenters. The topological polar surface area (TPSA) is 58.2 Å². The molecule has 0 bridgehead atoms. The predicted molar refractivity (Wildman–Crippen MR) is 41.4 cm³/mol. The Labute approximate surface area is 76.2 Å². The molecule has 5 heteroatoms. The molecule has 13 heavy (non-hydrogen) atoms. The second-order valence-corrected chi connectivity index (χ2v) is 2.76. The Kier molecular flexibility index (Phi) is 2.89. The lowest BCUT2D eigenvalue weighted by atomic mass is 10.4. The second kappa shape index (κ2) is 3.93.